The van der Waals surface area contributed by atoms with Crippen molar-refractivity contribution in [2.24, 2.45) is 5.73 Å². The Balaban J connectivity index is 4.40. The lowest BCUT2D eigenvalue weighted by atomic mass is 10.1. The predicted octanol–water partition coefficient (Wildman–Crippen LogP) is -1.04. The quantitative estimate of drug-likeness (QED) is 0.384. The number of ether oxygens (including phenoxy) is 1. The van der Waals surface area contributed by atoms with E-state index in [1.807, 2.05) is 0 Å². The van der Waals surface area contributed by atoms with Crippen molar-refractivity contribution >= 4 is 11.9 Å². The van der Waals surface area contributed by atoms with Gasteiger partial charge in [0.1, 0.15) is 0 Å². The molecule has 0 aliphatic rings. The number of esters is 1. The molecule has 0 saturated heterocycles. The first kappa shape index (κ1) is 8.90. The zero-order valence-corrected chi connectivity index (χ0v) is 5.75. The van der Waals surface area contributed by atoms with E-state index in [0.29, 0.717) is 0 Å². The minimum Gasteiger partial charge on any atom is -0.479 e. The van der Waals surface area contributed by atoms with Gasteiger partial charge in [-0.2, -0.15) is 0 Å². The minimum absolute atomic E-state index is 0.958. The van der Waals surface area contributed by atoms with Crippen LogP contribution in [0.2, 0.25) is 0 Å². The largest absolute Gasteiger partial charge is 0.479 e. The number of methoxy groups -OCH3 is 1. The minimum atomic E-state index is -1.94. The lowest BCUT2D eigenvalue weighted by Gasteiger charge is -2.14. The van der Waals surface area contributed by atoms with Crippen LogP contribution in [0.4, 0.5) is 0 Å². The number of rotatable bonds is 2. The van der Waals surface area contributed by atoms with Crippen LogP contribution in [0.15, 0.2) is 0 Å². The first-order valence-electron chi connectivity index (χ1n) is 2.53. The topological polar surface area (TPSA) is 89.6 Å². The summed E-state index contributed by atoms with van der Waals surface area (Å²) in [4.78, 5) is 20.7. The van der Waals surface area contributed by atoms with Crippen LogP contribution >= 0.6 is 0 Å². The molecule has 0 aromatic heterocycles. The van der Waals surface area contributed by atoms with E-state index in [1.165, 1.54) is 0 Å². The van der Waals surface area contributed by atoms with Gasteiger partial charge in [0.25, 0.3) is 0 Å². The zero-order chi connectivity index (χ0) is 8.36. The Morgan fingerprint density at radius 1 is 1.60 bits per heavy atom. The number of carboxylic acids is 1. The number of hydrogen-bond donors (Lipinski definition) is 2. The summed E-state index contributed by atoms with van der Waals surface area (Å²) in [5.74, 6) is -2.36. The Morgan fingerprint density at radius 2 is 2.00 bits per heavy atom. The van der Waals surface area contributed by atoms with Crippen molar-refractivity contribution in [1.29, 1.82) is 0 Å². The maximum Gasteiger partial charge on any atom is 0.337 e. The first-order chi connectivity index (χ1) is 4.42. The summed E-state index contributed by atoms with van der Waals surface area (Å²) in [6.45, 7) is 1.07. The van der Waals surface area contributed by atoms with Gasteiger partial charge in [0.15, 0.2) is 0 Å². The molecule has 10 heavy (non-hydrogen) atoms. The Bertz CT molecular complexity index is 163. The third-order valence-electron chi connectivity index (χ3n) is 1.05. The molecule has 0 aliphatic heterocycles. The van der Waals surface area contributed by atoms with Gasteiger partial charge in [0, 0.05) is 0 Å². The molecule has 0 bridgehead atoms. The molecule has 5 nitrogen and oxygen atoms in total. The second kappa shape index (κ2) is 2.66. The van der Waals surface area contributed by atoms with E-state index >= 15 is 0 Å². The number of aliphatic carboxylic acids is 1. The van der Waals surface area contributed by atoms with Crippen molar-refractivity contribution in [3.05, 3.63) is 0 Å². The molecule has 3 N–H and O–H groups in total. The van der Waals surface area contributed by atoms with E-state index in [0.717, 1.165) is 14.0 Å². The standard InChI is InChI=1S/C5H9NO4/c1-5(6,3(7)8)4(9)10-2/h6H2,1-2H3,(H,7,8)/t5-/m0/s1. The van der Waals surface area contributed by atoms with Gasteiger partial charge in [-0.3, -0.25) is 0 Å². The van der Waals surface area contributed by atoms with Gasteiger partial charge in [-0.1, -0.05) is 0 Å². The Hall–Kier alpha value is -1.10. The van der Waals surface area contributed by atoms with E-state index in [4.69, 9.17) is 10.8 Å². The monoisotopic (exact) mass is 147 g/mol. The second-order valence-corrected chi connectivity index (χ2v) is 2.00. The average molecular weight is 147 g/mol. The molecule has 0 aromatic carbocycles. The number of carbonyl (C=O) groups excluding carboxylic acids is 1. The molecule has 1 atom stereocenters. The molecular formula is C5H9NO4. The number of carboxylic acid groups (broad SMARTS) is 1. The van der Waals surface area contributed by atoms with Crippen LogP contribution in [0, 0.1) is 0 Å². The molecule has 0 unspecified atom stereocenters. The van der Waals surface area contributed by atoms with E-state index in [1.54, 1.807) is 0 Å². The Labute approximate surface area is 57.8 Å². The highest BCUT2D eigenvalue weighted by atomic mass is 16.5. The zero-order valence-electron chi connectivity index (χ0n) is 5.75. The average Bonchev–Trinajstić information content (AvgIpc) is 1.86. The highest BCUT2D eigenvalue weighted by Gasteiger charge is 2.37. The van der Waals surface area contributed by atoms with Crippen LogP contribution in [-0.4, -0.2) is 29.7 Å². The van der Waals surface area contributed by atoms with Crippen LogP contribution in [0.3, 0.4) is 0 Å². The van der Waals surface area contributed by atoms with Crippen LogP contribution in [0.1, 0.15) is 6.92 Å². The summed E-state index contributed by atoms with van der Waals surface area (Å²) in [6, 6.07) is 0. The Morgan fingerprint density at radius 3 is 2.10 bits per heavy atom. The van der Waals surface area contributed by atoms with E-state index in [2.05, 4.69) is 4.74 Å². The summed E-state index contributed by atoms with van der Waals surface area (Å²) < 4.78 is 4.13. The molecule has 5 heteroatoms. The van der Waals surface area contributed by atoms with Crippen molar-refractivity contribution in [2.45, 2.75) is 12.5 Å². The summed E-state index contributed by atoms with van der Waals surface area (Å²) >= 11 is 0. The van der Waals surface area contributed by atoms with Gasteiger partial charge in [0.05, 0.1) is 7.11 Å². The third-order valence-corrected chi connectivity index (χ3v) is 1.05. The van der Waals surface area contributed by atoms with Crippen molar-refractivity contribution in [3.63, 3.8) is 0 Å². The molecular weight excluding hydrogens is 138 g/mol. The lowest BCUT2D eigenvalue weighted by molar-refractivity contribution is -0.158. The molecule has 0 fully saturated rings. The maximum absolute atomic E-state index is 10.5. The van der Waals surface area contributed by atoms with Crippen molar-refractivity contribution in [2.75, 3.05) is 7.11 Å². The van der Waals surface area contributed by atoms with E-state index < -0.39 is 17.5 Å². The SMILES string of the molecule is COC(=O)[C@@](C)(N)C(=O)O. The molecule has 0 rings (SSSR count). The number of hydrogen-bond acceptors (Lipinski definition) is 4. The molecule has 0 heterocycles. The molecule has 0 aliphatic carbocycles. The molecule has 0 spiro atoms. The number of carbonyl (C=O) groups is 2. The highest BCUT2D eigenvalue weighted by molar-refractivity contribution is 6.03. The molecule has 58 valence electrons. The van der Waals surface area contributed by atoms with Gasteiger partial charge in [-0.15, -0.1) is 0 Å². The van der Waals surface area contributed by atoms with Gasteiger partial charge < -0.3 is 15.6 Å². The van der Waals surface area contributed by atoms with Gasteiger partial charge in [-0.25, -0.2) is 9.59 Å². The van der Waals surface area contributed by atoms with Crippen molar-refractivity contribution in [1.82, 2.24) is 0 Å². The third kappa shape index (κ3) is 1.44. The summed E-state index contributed by atoms with van der Waals surface area (Å²) in [5, 5.41) is 8.32. The highest BCUT2D eigenvalue weighted by Crippen LogP contribution is 2.00. The second-order valence-electron chi connectivity index (χ2n) is 2.00. The Kier molecular flexibility index (Phi) is 2.36. The van der Waals surface area contributed by atoms with Crippen LogP contribution in [0.5, 0.6) is 0 Å². The van der Waals surface area contributed by atoms with E-state index in [-0.39, 0.29) is 0 Å². The summed E-state index contributed by atoms with van der Waals surface area (Å²) in [5.41, 5.74) is 3.10. The number of nitrogens with two attached hydrogens (primary N) is 1. The van der Waals surface area contributed by atoms with Gasteiger partial charge in [0.2, 0.25) is 5.54 Å². The van der Waals surface area contributed by atoms with Crippen molar-refractivity contribution < 1.29 is 19.4 Å². The van der Waals surface area contributed by atoms with Gasteiger partial charge >= 0.3 is 11.9 Å². The summed E-state index contributed by atoms with van der Waals surface area (Å²) in [7, 11) is 1.08. The molecule has 0 aromatic rings. The molecule has 0 saturated carbocycles. The molecule has 0 amide bonds. The van der Waals surface area contributed by atoms with Crippen LogP contribution in [0.25, 0.3) is 0 Å². The van der Waals surface area contributed by atoms with E-state index in [9.17, 15) is 9.59 Å². The first-order valence-corrected chi connectivity index (χ1v) is 2.53. The fraction of sp³-hybridized carbons (Fsp3) is 0.600. The smallest absolute Gasteiger partial charge is 0.337 e. The summed E-state index contributed by atoms with van der Waals surface area (Å²) in [6.07, 6.45) is 0. The normalized spacial score (nSPS) is 15.5. The molecule has 0 radical (unpaired) electrons. The van der Waals surface area contributed by atoms with Crippen LogP contribution < -0.4 is 5.73 Å². The van der Waals surface area contributed by atoms with Crippen LogP contribution in [-0.2, 0) is 14.3 Å². The maximum atomic E-state index is 10.5. The predicted molar refractivity (Wildman–Crippen MR) is 32.2 cm³/mol. The lowest BCUT2D eigenvalue weighted by Crippen LogP contribution is -2.52. The van der Waals surface area contributed by atoms with Crippen molar-refractivity contribution in [3.8, 4) is 0 Å². The fourth-order valence-electron chi connectivity index (χ4n) is 0.299. The van der Waals surface area contributed by atoms with Gasteiger partial charge in [-0.05, 0) is 6.92 Å². The fourth-order valence-corrected chi connectivity index (χ4v) is 0.299.